The fourth-order valence-corrected chi connectivity index (χ4v) is 3.12. The summed E-state index contributed by atoms with van der Waals surface area (Å²) in [5, 5.41) is 9.39. The summed E-state index contributed by atoms with van der Waals surface area (Å²) < 4.78 is 0.643. The second-order valence-electron chi connectivity index (χ2n) is 4.93. The molecule has 1 N–H and O–H groups in total. The van der Waals surface area contributed by atoms with E-state index in [0.29, 0.717) is 16.1 Å². The summed E-state index contributed by atoms with van der Waals surface area (Å²) in [7, 11) is 2.13. The van der Waals surface area contributed by atoms with Gasteiger partial charge in [-0.3, -0.25) is 4.90 Å². The number of carboxylic acid groups (broad SMARTS) is 1. The van der Waals surface area contributed by atoms with Crippen molar-refractivity contribution in [3.63, 3.8) is 0 Å². The molecule has 4 nitrogen and oxygen atoms in total. The molecule has 1 aliphatic heterocycles. The van der Waals surface area contributed by atoms with Crippen molar-refractivity contribution >= 4 is 27.6 Å². The molecule has 1 aromatic rings. The standard InChI is InChI=1S/C14H19BrN2O2/c1-3-10-9-17(8-7-16(10)2)12-6-4-5-11(15)13(12)14(18)19/h4-6,10H,3,7-9H2,1-2H3,(H,18,19). The number of anilines is 1. The summed E-state index contributed by atoms with van der Waals surface area (Å²) in [5.41, 5.74) is 1.18. The van der Waals surface area contributed by atoms with Crippen LogP contribution in [0.4, 0.5) is 5.69 Å². The quantitative estimate of drug-likeness (QED) is 0.927. The van der Waals surface area contributed by atoms with Crippen LogP contribution in [-0.2, 0) is 0 Å². The van der Waals surface area contributed by atoms with E-state index in [2.05, 4.69) is 39.7 Å². The lowest BCUT2D eigenvalue weighted by molar-refractivity contribution is 0.0696. The Morgan fingerprint density at radius 2 is 2.21 bits per heavy atom. The Hall–Kier alpha value is -1.07. The van der Waals surface area contributed by atoms with E-state index in [4.69, 9.17) is 0 Å². The van der Waals surface area contributed by atoms with Crippen LogP contribution in [0, 0.1) is 0 Å². The summed E-state index contributed by atoms with van der Waals surface area (Å²) in [6.45, 7) is 4.88. The van der Waals surface area contributed by atoms with Crippen LogP contribution in [0.3, 0.4) is 0 Å². The van der Waals surface area contributed by atoms with Crippen LogP contribution < -0.4 is 4.90 Å². The second kappa shape index (κ2) is 5.92. The molecule has 1 atom stereocenters. The lowest BCUT2D eigenvalue weighted by Gasteiger charge is -2.40. The Bertz CT molecular complexity index is 479. The van der Waals surface area contributed by atoms with Gasteiger partial charge in [-0.05, 0) is 41.5 Å². The first-order valence-corrected chi connectivity index (χ1v) is 7.31. The zero-order valence-corrected chi connectivity index (χ0v) is 12.9. The normalized spacial score (nSPS) is 20.6. The fraction of sp³-hybridized carbons (Fsp3) is 0.500. The van der Waals surface area contributed by atoms with Gasteiger partial charge in [0.1, 0.15) is 0 Å². The van der Waals surface area contributed by atoms with E-state index in [1.807, 2.05) is 12.1 Å². The van der Waals surface area contributed by atoms with Crippen molar-refractivity contribution < 1.29 is 9.90 Å². The molecule has 1 aliphatic rings. The van der Waals surface area contributed by atoms with E-state index >= 15 is 0 Å². The molecule has 0 radical (unpaired) electrons. The molecular formula is C14H19BrN2O2. The number of carbonyl (C=O) groups is 1. The van der Waals surface area contributed by atoms with Gasteiger partial charge in [-0.15, -0.1) is 0 Å². The van der Waals surface area contributed by atoms with Gasteiger partial charge >= 0.3 is 5.97 Å². The number of benzene rings is 1. The van der Waals surface area contributed by atoms with Crippen LogP contribution in [0.1, 0.15) is 23.7 Å². The number of halogens is 1. The largest absolute Gasteiger partial charge is 0.478 e. The minimum absolute atomic E-state index is 0.363. The lowest BCUT2D eigenvalue weighted by Crippen LogP contribution is -2.51. The van der Waals surface area contributed by atoms with E-state index in [-0.39, 0.29) is 0 Å². The van der Waals surface area contributed by atoms with Crippen LogP contribution in [0.25, 0.3) is 0 Å². The number of likely N-dealkylation sites (N-methyl/N-ethyl adjacent to an activating group) is 1. The molecule has 1 aromatic carbocycles. The van der Waals surface area contributed by atoms with Crippen molar-refractivity contribution in [2.75, 3.05) is 31.6 Å². The Morgan fingerprint density at radius 3 is 2.84 bits per heavy atom. The van der Waals surface area contributed by atoms with Gasteiger partial charge in [0.25, 0.3) is 0 Å². The monoisotopic (exact) mass is 326 g/mol. The molecule has 5 heteroatoms. The minimum atomic E-state index is -0.880. The van der Waals surface area contributed by atoms with E-state index in [1.165, 1.54) is 0 Å². The van der Waals surface area contributed by atoms with Crippen LogP contribution in [0.5, 0.6) is 0 Å². The molecule has 1 heterocycles. The molecule has 1 fully saturated rings. The highest BCUT2D eigenvalue weighted by Crippen LogP contribution is 2.29. The number of hydrogen-bond acceptors (Lipinski definition) is 3. The molecule has 104 valence electrons. The van der Waals surface area contributed by atoms with Gasteiger partial charge in [0, 0.05) is 30.1 Å². The Balaban J connectivity index is 2.32. The second-order valence-corrected chi connectivity index (χ2v) is 5.78. The Labute approximate surface area is 122 Å². The topological polar surface area (TPSA) is 43.8 Å². The van der Waals surface area contributed by atoms with E-state index in [1.54, 1.807) is 6.07 Å². The van der Waals surface area contributed by atoms with Crippen molar-refractivity contribution in [1.29, 1.82) is 0 Å². The first kappa shape index (κ1) is 14.3. The van der Waals surface area contributed by atoms with Crippen molar-refractivity contribution in [3.8, 4) is 0 Å². The third kappa shape index (κ3) is 2.92. The van der Waals surface area contributed by atoms with Gasteiger partial charge < -0.3 is 10.0 Å². The highest BCUT2D eigenvalue weighted by molar-refractivity contribution is 9.10. The molecular weight excluding hydrogens is 308 g/mol. The van der Waals surface area contributed by atoms with Gasteiger partial charge in [-0.25, -0.2) is 4.79 Å². The van der Waals surface area contributed by atoms with Gasteiger partial charge in [-0.1, -0.05) is 13.0 Å². The predicted molar refractivity (Wildman–Crippen MR) is 80.0 cm³/mol. The zero-order chi connectivity index (χ0) is 14.0. The van der Waals surface area contributed by atoms with E-state index in [9.17, 15) is 9.90 Å². The van der Waals surface area contributed by atoms with Crippen molar-refractivity contribution in [2.45, 2.75) is 19.4 Å². The molecule has 2 rings (SSSR count). The molecule has 0 amide bonds. The fourth-order valence-electron chi connectivity index (χ4n) is 2.59. The Morgan fingerprint density at radius 1 is 1.47 bits per heavy atom. The van der Waals surface area contributed by atoms with Crippen molar-refractivity contribution in [3.05, 3.63) is 28.2 Å². The summed E-state index contributed by atoms with van der Waals surface area (Å²) in [6, 6.07) is 6.05. The molecule has 1 unspecified atom stereocenters. The first-order valence-electron chi connectivity index (χ1n) is 6.51. The van der Waals surface area contributed by atoms with E-state index < -0.39 is 5.97 Å². The van der Waals surface area contributed by atoms with Gasteiger partial charge in [0.2, 0.25) is 0 Å². The molecule has 0 spiro atoms. The summed E-state index contributed by atoms with van der Waals surface area (Å²) >= 11 is 3.34. The summed E-state index contributed by atoms with van der Waals surface area (Å²) in [5.74, 6) is -0.880. The SMILES string of the molecule is CCC1CN(c2cccc(Br)c2C(=O)O)CCN1C. The molecule has 0 aliphatic carbocycles. The van der Waals surface area contributed by atoms with Crippen LogP contribution >= 0.6 is 15.9 Å². The number of rotatable bonds is 3. The molecule has 0 bridgehead atoms. The Kier molecular flexibility index (Phi) is 4.47. The summed E-state index contributed by atoms with van der Waals surface area (Å²) in [4.78, 5) is 16.0. The number of carboxylic acids is 1. The van der Waals surface area contributed by atoms with E-state index in [0.717, 1.165) is 31.7 Å². The number of aromatic carboxylic acids is 1. The average Bonchev–Trinajstić information content (AvgIpc) is 2.38. The van der Waals surface area contributed by atoms with Crippen LogP contribution in [0.15, 0.2) is 22.7 Å². The van der Waals surface area contributed by atoms with Gasteiger partial charge in [0.05, 0.1) is 11.3 Å². The number of piperazine rings is 1. The highest BCUT2D eigenvalue weighted by Gasteiger charge is 2.26. The maximum atomic E-state index is 11.4. The lowest BCUT2D eigenvalue weighted by atomic mass is 10.1. The molecule has 19 heavy (non-hydrogen) atoms. The third-order valence-corrected chi connectivity index (χ3v) is 4.46. The smallest absolute Gasteiger partial charge is 0.338 e. The molecule has 0 saturated carbocycles. The summed E-state index contributed by atoms with van der Waals surface area (Å²) in [6.07, 6.45) is 1.07. The van der Waals surface area contributed by atoms with Crippen LogP contribution in [-0.4, -0.2) is 48.7 Å². The van der Waals surface area contributed by atoms with Crippen LogP contribution in [0.2, 0.25) is 0 Å². The number of hydrogen-bond donors (Lipinski definition) is 1. The van der Waals surface area contributed by atoms with Gasteiger partial charge in [-0.2, -0.15) is 0 Å². The molecule has 1 saturated heterocycles. The number of nitrogens with zero attached hydrogens (tertiary/aromatic N) is 2. The van der Waals surface area contributed by atoms with Gasteiger partial charge in [0.15, 0.2) is 0 Å². The first-order chi connectivity index (χ1) is 9.04. The average molecular weight is 327 g/mol. The predicted octanol–water partition coefficient (Wildman–Crippen LogP) is 2.68. The van der Waals surface area contributed by atoms with Crippen molar-refractivity contribution in [1.82, 2.24) is 4.90 Å². The molecule has 0 aromatic heterocycles. The highest BCUT2D eigenvalue weighted by atomic mass is 79.9. The maximum Gasteiger partial charge on any atom is 0.338 e. The van der Waals surface area contributed by atoms with Crippen molar-refractivity contribution in [2.24, 2.45) is 0 Å². The zero-order valence-electron chi connectivity index (χ0n) is 11.3. The third-order valence-electron chi connectivity index (χ3n) is 3.79. The maximum absolute atomic E-state index is 11.4. The minimum Gasteiger partial charge on any atom is -0.478 e.